The number of hydrogen-bond acceptors (Lipinski definition) is 19. The van der Waals surface area contributed by atoms with Crippen molar-refractivity contribution in [3.63, 3.8) is 0 Å². The van der Waals surface area contributed by atoms with Gasteiger partial charge < -0.3 is 17.9 Å². The maximum Gasteiger partial charge on any atom is 0.180 e. The van der Waals surface area contributed by atoms with Crippen LogP contribution in [-0.4, -0.2) is 67.8 Å². The molecule has 0 saturated heterocycles. The lowest BCUT2D eigenvalue weighted by molar-refractivity contribution is 0.393. The van der Waals surface area contributed by atoms with Gasteiger partial charge in [-0.2, -0.15) is 31.8 Å². The van der Waals surface area contributed by atoms with Crippen LogP contribution < -0.4 is 0 Å². The van der Waals surface area contributed by atoms with Gasteiger partial charge in [-0.25, -0.2) is 9.36 Å². The zero-order valence-corrected chi connectivity index (χ0v) is 35.0. The summed E-state index contributed by atoms with van der Waals surface area (Å²) in [4.78, 5) is 14.9. The number of rotatable bonds is 0. The molecular weight excluding hydrogens is 821 g/mol. The second kappa shape index (κ2) is 47.9. The predicted octanol–water partition coefficient (Wildman–Crippen LogP) is 11.2. The number of thiophene rings is 1. The second-order valence-corrected chi connectivity index (χ2v) is 11.8. The van der Waals surface area contributed by atoms with E-state index in [1.807, 2.05) is 82.4 Å². The van der Waals surface area contributed by atoms with Gasteiger partial charge >= 0.3 is 0 Å². The maximum absolute atomic E-state index is 4.58. The van der Waals surface area contributed by atoms with Gasteiger partial charge in [0.2, 0.25) is 0 Å². The monoisotopic (exact) mass is 866 g/mol. The van der Waals surface area contributed by atoms with Crippen molar-refractivity contribution in [1.29, 1.82) is 0 Å². The maximum atomic E-state index is 4.58. The Morgan fingerprint density at radius 3 is 1.60 bits per heavy atom. The highest BCUT2D eigenvalue weighted by Crippen LogP contribution is 1.93. The van der Waals surface area contributed by atoms with Gasteiger partial charge in [0.15, 0.2) is 6.39 Å². The molecular formula is C41H46N12O4S3. The zero-order valence-electron chi connectivity index (χ0n) is 32.5. The summed E-state index contributed by atoms with van der Waals surface area (Å²) < 4.78 is 21.4. The van der Waals surface area contributed by atoms with E-state index in [0.29, 0.717) is 0 Å². The lowest BCUT2D eigenvalue weighted by Crippen LogP contribution is -1.60. The number of aromatic nitrogens is 6. The normalized spacial score (nSPS) is 12.0. The fraction of sp³-hybridized carbons (Fsp3) is 0.122. The third-order valence-electron chi connectivity index (χ3n) is 5.14. The highest BCUT2D eigenvalue weighted by Gasteiger charge is 1.76. The number of aliphatic imine (C=N–C) groups is 2. The molecule has 1 aliphatic carbocycles. The van der Waals surface area contributed by atoms with E-state index in [4.69, 9.17) is 0 Å². The summed E-state index contributed by atoms with van der Waals surface area (Å²) >= 11 is 4.78. The third-order valence-corrected chi connectivity index (χ3v) is 6.81. The summed E-state index contributed by atoms with van der Waals surface area (Å²) in [5.41, 5.74) is 1.79. The summed E-state index contributed by atoms with van der Waals surface area (Å²) in [5.74, 6) is 0. The van der Waals surface area contributed by atoms with E-state index in [9.17, 15) is 0 Å². The van der Waals surface area contributed by atoms with Crippen LogP contribution in [-0.2, 0) is 0 Å². The summed E-state index contributed by atoms with van der Waals surface area (Å²) in [6, 6.07) is 11.3. The number of nitrogens with zero attached hydrogens (tertiary/aromatic N) is 12. The van der Waals surface area contributed by atoms with Gasteiger partial charge in [-0.15, -0.1) is 16.4 Å². The molecule has 11 heterocycles. The molecule has 7 aromatic rings. The number of allylic oxidation sites excluding steroid dienone is 6. The first kappa shape index (κ1) is 50.8. The minimum absolute atomic E-state index is 0.778. The Hall–Kier alpha value is -7.22. The van der Waals surface area contributed by atoms with Crippen molar-refractivity contribution in [1.82, 2.24) is 29.9 Å². The van der Waals surface area contributed by atoms with Crippen LogP contribution in [0.15, 0.2) is 241 Å². The summed E-state index contributed by atoms with van der Waals surface area (Å²) in [6.45, 7) is 1.67. The molecule has 5 aliphatic rings. The Bertz CT molecular complexity index is 1430. The van der Waals surface area contributed by atoms with Crippen molar-refractivity contribution in [2.75, 3.05) is 13.1 Å². The highest BCUT2D eigenvalue weighted by molar-refractivity contribution is 7.07. The van der Waals surface area contributed by atoms with Crippen molar-refractivity contribution < 1.29 is 17.9 Å². The Balaban J connectivity index is 0.000000327. The molecule has 0 fully saturated rings. The van der Waals surface area contributed by atoms with E-state index < -0.39 is 0 Å². The van der Waals surface area contributed by atoms with Gasteiger partial charge in [0.05, 0.1) is 49.7 Å². The van der Waals surface area contributed by atoms with Crippen LogP contribution >= 0.6 is 34.2 Å². The van der Waals surface area contributed by atoms with Crippen molar-refractivity contribution in [3.8, 4) is 0 Å². The molecule has 0 radical (unpaired) electrons. The van der Waals surface area contributed by atoms with Crippen LogP contribution in [0, 0.1) is 0 Å². The van der Waals surface area contributed by atoms with E-state index in [1.165, 1.54) is 42.9 Å². The van der Waals surface area contributed by atoms with Crippen LogP contribution in [0.4, 0.5) is 0 Å². The zero-order chi connectivity index (χ0) is 42.4. The van der Waals surface area contributed by atoms with Crippen LogP contribution in [0.5, 0.6) is 0 Å². The third kappa shape index (κ3) is 45.2. The quantitative estimate of drug-likeness (QED) is 0.141. The second-order valence-electron chi connectivity index (χ2n) is 9.54. The van der Waals surface area contributed by atoms with Gasteiger partial charge in [-0.05, 0) is 65.1 Å². The summed E-state index contributed by atoms with van der Waals surface area (Å²) in [6.07, 6.45) is 47.3. The van der Waals surface area contributed by atoms with E-state index in [-0.39, 0.29) is 0 Å². The topological polar surface area (TPSA) is 204 Å². The number of thiazole rings is 1. The average Bonchev–Trinajstić information content (AvgIpc) is 4.19. The molecule has 0 bridgehead atoms. The average molecular weight is 867 g/mol. The summed E-state index contributed by atoms with van der Waals surface area (Å²) in [5, 5.41) is 31.9. The van der Waals surface area contributed by atoms with E-state index in [2.05, 4.69) is 102 Å². The Labute approximate surface area is 361 Å². The lowest BCUT2D eigenvalue weighted by atomic mass is 10.5. The Kier molecular flexibility index (Phi) is 40.6. The first-order valence-corrected chi connectivity index (χ1v) is 20.4. The SMILES string of the molecule is C1=CCC=C1.C1=CCN=C1.C1=CN=CC1.C1=CN=NC1.C1=NN=CC1.c1ccoc1.c1ccsc1.c1cnoc1.c1cnsc1.c1cocn1.c1conn1.c1cscn1. The first-order chi connectivity index (χ1) is 30.0. The molecule has 0 unspecified atom stereocenters. The minimum Gasteiger partial charge on any atom is -0.473 e. The molecule has 0 N–H and O–H groups in total. The molecule has 0 atom stereocenters. The van der Waals surface area contributed by atoms with E-state index >= 15 is 0 Å². The molecule has 312 valence electrons. The lowest BCUT2D eigenvalue weighted by Gasteiger charge is -1.60. The standard InChI is InChI=1S/C5H6.2C4H5N.C4H4O.C4H4S.2C3H4N2.2C3H3NO.2C3H3NS.C2H2N2O/c7*1-2-4-5-3-1;1-2-5-3-4-1;1-2-4-5-3-1;1-2-5-3-4-1;1-2-4-5-3-1;1-2-5-4-3-1/h1-4H,5H2;1,3-4H,2H2;1-3H,4H2;2*1-4H;2-3H,1H2;1-2H,3H2;4*1-3H;1-2H. The largest absolute Gasteiger partial charge is 0.473 e. The molecule has 4 aliphatic heterocycles. The highest BCUT2D eigenvalue weighted by atomic mass is 32.1. The molecule has 0 aromatic carbocycles. The number of azo groups is 1. The van der Waals surface area contributed by atoms with Crippen molar-refractivity contribution >= 4 is 59.1 Å². The molecule has 7 aromatic heterocycles. The van der Waals surface area contributed by atoms with Crippen LogP contribution in [0.3, 0.4) is 0 Å². The molecule has 0 amide bonds. The number of hydrogen-bond donors (Lipinski definition) is 0. The van der Waals surface area contributed by atoms with E-state index in [1.54, 1.807) is 103 Å². The molecule has 12 rings (SSSR count). The van der Waals surface area contributed by atoms with Gasteiger partial charge in [-0.3, -0.25) is 15.0 Å². The van der Waals surface area contributed by atoms with Crippen LogP contribution in [0.25, 0.3) is 0 Å². The van der Waals surface area contributed by atoms with E-state index in [0.717, 1.165) is 32.4 Å². The molecule has 0 saturated carbocycles. The van der Waals surface area contributed by atoms with Gasteiger partial charge in [0.25, 0.3) is 0 Å². The number of furan rings is 1. The summed E-state index contributed by atoms with van der Waals surface area (Å²) in [7, 11) is 0. The molecule has 60 heavy (non-hydrogen) atoms. The number of oxazole rings is 1. The van der Waals surface area contributed by atoms with Crippen molar-refractivity contribution in [2.24, 2.45) is 30.4 Å². The van der Waals surface area contributed by atoms with Crippen LogP contribution in [0.1, 0.15) is 19.3 Å². The van der Waals surface area contributed by atoms with Crippen LogP contribution in [0.2, 0.25) is 0 Å². The smallest absolute Gasteiger partial charge is 0.180 e. The van der Waals surface area contributed by atoms with Crippen molar-refractivity contribution in [3.05, 3.63) is 193 Å². The van der Waals surface area contributed by atoms with Gasteiger partial charge in [0.1, 0.15) is 18.8 Å². The van der Waals surface area contributed by atoms with Gasteiger partial charge in [-0.1, -0.05) is 53.7 Å². The molecule has 16 nitrogen and oxygen atoms in total. The minimum atomic E-state index is 0.778. The fourth-order valence-corrected chi connectivity index (χ4v) is 3.92. The molecule has 0 spiro atoms. The Morgan fingerprint density at radius 2 is 1.40 bits per heavy atom. The van der Waals surface area contributed by atoms with Crippen molar-refractivity contribution in [2.45, 2.75) is 19.3 Å². The van der Waals surface area contributed by atoms with Gasteiger partial charge in [0, 0.05) is 78.5 Å². The first-order valence-electron chi connectivity index (χ1n) is 17.7. The Morgan fingerprint density at radius 1 is 0.533 bits per heavy atom. The fourth-order valence-electron chi connectivity index (χ4n) is 2.77. The predicted molar refractivity (Wildman–Crippen MR) is 243 cm³/mol. The molecule has 19 heteroatoms.